The Morgan fingerprint density at radius 1 is 1.17 bits per heavy atom. The molecule has 0 spiro atoms. The van der Waals surface area contributed by atoms with E-state index in [9.17, 15) is 9.18 Å². The Bertz CT molecular complexity index is 857. The first-order valence-corrected chi connectivity index (χ1v) is 6.94. The molecule has 0 saturated carbocycles. The summed E-state index contributed by atoms with van der Waals surface area (Å²) in [5.74, 6) is -0.419. The molecule has 0 atom stereocenters. The number of imidazole rings is 1. The fourth-order valence-corrected chi connectivity index (χ4v) is 2.04. The zero-order valence-corrected chi connectivity index (χ0v) is 12.6. The Hall–Kier alpha value is -3.09. The second-order valence-corrected chi connectivity index (χ2v) is 5.02. The zero-order chi connectivity index (χ0) is 16.4. The van der Waals surface area contributed by atoms with Gasteiger partial charge < -0.3 is 5.32 Å². The van der Waals surface area contributed by atoms with Crippen LogP contribution in [0, 0.1) is 19.7 Å². The molecule has 1 N–H and O–H groups in total. The van der Waals surface area contributed by atoms with Crippen LogP contribution >= 0.6 is 0 Å². The van der Waals surface area contributed by atoms with Crippen LogP contribution < -0.4 is 5.32 Å². The van der Waals surface area contributed by atoms with E-state index in [4.69, 9.17) is 0 Å². The number of carbonyl (C=O) groups excluding carboxylic acids is 1. The van der Waals surface area contributed by atoms with E-state index in [1.54, 1.807) is 10.9 Å². The normalized spacial score (nSPS) is 10.6. The van der Waals surface area contributed by atoms with Gasteiger partial charge in [0.1, 0.15) is 12.1 Å². The number of benzene rings is 1. The summed E-state index contributed by atoms with van der Waals surface area (Å²) in [6.07, 6.45) is 4.63. The minimum absolute atomic E-state index is 0.232. The fraction of sp³-hybridized carbons (Fsp3) is 0.125. The number of carbonyl (C=O) groups is 1. The van der Waals surface area contributed by atoms with Gasteiger partial charge in [0, 0.05) is 11.3 Å². The molecule has 0 aliphatic rings. The Labute approximate surface area is 132 Å². The third-order valence-electron chi connectivity index (χ3n) is 3.45. The van der Waals surface area contributed by atoms with Gasteiger partial charge in [-0.3, -0.25) is 9.36 Å². The van der Waals surface area contributed by atoms with Crippen molar-refractivity contribution in [2.45, 2.75) is 13.8 Å². The van der Waals surface area contributed by atoms with E-state index >= 15 is 0 Å². The molecule has 0 saturated heterocycles. The third-order valence-corrected chi connectivity index (χ3v) is 3.45. The lowest BCUT2D eigenvalue weighted by Crippen LogP contribution is -2.13. The van der Waals surface area contributed by atoms with Crippen LogP contribution in [0.25, 0.3) is 5.95 Å². The number of hydrogen-bond donors (Lipinski definition) is 1. The van der Waals surface area contributed by atoms with Gasteiger partial charge >= 0.3 is 0 Å². The summed E-state index contributed by atoms with van der Waals surface area (Å²) in [4.78, 5) is 24.6. The maximum Gasteiger partial charge on any atom is 0.255 e. The Kier molecular flexibility index (Phi) is 3.84. The Morgan fingerprint density at radius 3 is 2.52 bits per heavy atom. The molecule has 116 valence electrons. The SMILES string of the molecule is Cc1ncn(-c2ncc(NC(=O)c3cccc(F)c3)cn2)c1C. The second-order valence-electron chi connectivity index (χ2n) is 5.02. The van der Waals surface area contributed by atoms with Crippen molar-refractivity contribution in [2.75, 3.05) is 5.32 Å². The highest BCUT2D eigenvalue weighted by atomic mass is 19.1. The van der Waals surface area contributed by atoms with Crippen LogP contribution in [0.15, 0.2) is 43.0 Å². The molecule has 1 aromatic carbocycles. The summed E-state index contributed by atoms with van der Waals surface area (Å²) >= 11 is 0. The first-order chi connectivity index (χ1) is 11.0. The number of nitrogens with one attached hydrogen (secondary N) is 1. The van der Waals surface area contributed by atoms with E-state index in [0.29, 0.717) is 11.6 Å². The number of nitrogens with zero attached hydrogens (tertiary/aromatic N) is 4. The number of aromatic nitrogens is 4. The quantitative estimate of drug-likeness (QED) is 0.807. The van der Waals surface area contributed by atoms with Gasteiger partial charge in [0.05, 0.1) is 23.8 Å². The summed E-state index contributed by atoms with van der Waals surface area (Å²) in [7, 11) is 0. The van der Waals surface area contributed by atoms with Crippen molar-refractivity contribution >= 4 is 11.6 Å². The minimum atomic E-state index is -0.463. The van der Waals surface area contributed by atoms with Gasteiger partial charge in [0.25, 0.3) is 5.91 Å². The molecule has 7 heteroatoms. The molecule has 6 nitrogen and oxygen atoms in total. The first kappa shape index (κ1) is 14.8. The van der Waals surface area contributed by atoms with E-state index in [1.165, 1.54) is 36.7 Å². The standard InChI is InChI=1S/C16H14FN5O/c1-10-11(2)22(9-20-10)16-18-7-14(8-19-16)21-15(23)12-4-3-5-13(17)6-12/h3-9H,1-2H3,(H,21,23). The number of halogens is 1. The van der Waals surface area contributed by atoms with Crippen molar-refractivity contribution in [1.82, 2.24) is 19.5 Å². The van der Waals surface area contributed by atoms with Gasteiger partial charge in [-0.15, -0.1) is 0 Å². The van der Waals surface area contributed by atoms with Crippen molar-refractivity contribution in [2.24, 2.45) is 0 Å². The molecule has 0 aliphatic heterocycles. The van der Waals surface area contributed by atoms with Crippen LogP contribution in [-0.2, 0) is 0 Å². The van der Waals surface area contributed by atoms with Crippen molar-refractivity contribution in [3.05, 3.63) is 65.8 Å². The summed E-state index contributed by atoms with van der Waals surface area (Å²) in [6, 6.07) is 5.46. The maximum absolute atomic E-state index is 13.1. The molecule has 3 rings (SSSR count). The number of aryl methyl sites for hydroxylation is 1. The fourth-order valence-electron chi connectivity index (χ4n) is 2.04. The highest BCUT2D eigenvalue weighted by molar-refractivity contribution is 6.04. The van der Waals surface area contributed by atoms with E-state index in [-0.39, 0.29) is 5.56 Å². The van der Waals surface area contributed by atoms with Gasteiger partial charge in [-0.2, -0.15) is 0 Å². The van der Waals surface area contributed by atoms with E-state index in [0.717, 1.165) is 11.4 Å². The van der Waals surface area contributed by atoms with Gasteiger partial charge in [-0.1, -0.05) is 6.07 Å². The summed E-state index contributed by atoms with van der Waals surface area (Å²) < 4.78 is 14.9. The van der Waals surface area contributed by atoms with Gasteiger partial charge in [-0.25, -0.2) is 19.3 Å². The summed E-state index contributed by atoms with van der Waals surface area (Å²) in [5.41, 5.74) is 2.51. The molecule has 0 radical (unpaired) electrons. The molecule has 0 fully saturated rings. The summed E-state index contributed by atoms with van der Waals surface area (Å²) in [6.45, 7) is 3.82. The predicted octanol–water partition coefficient (Wildman–Crippen LogP) is 2.67. The summed E-state index contributed by atoms with van der Waals surface area (Å²) in [5, 5.41) is 2.63. The monoisotopic (exact) mass is 311 g/mol. The molecular weight excluding hydrogens is 297 g/mol. The molecule has 0 aliphatic carbocycles. The van der Waals surface area contributed by atoms with Crippen molar-refractivity contribution in [3.8, 4) is 5.95 Å². The maximum atomic E-state index is 13.1. The van der Waals surface area contributed by atoms with Crippen LogP contribution in [0.1, 0.15) is 21.7 Å². The first-order valence-electron chi connectivity index (χ1n) is 6.94. The third kappa shape index (κ3) is 3.08. The smallest absolute Gasteiger partial charge is 0.255 e. The molecule has 2 heterocycles. The van der Waals surface area contributed by atoms with Crippen molar-refractivity contribution in [1.29, 1.82) is 0 Å². The van der Waals surface area contributed by atoms with E-state index in [1.807, 2.05) is 13.8 Å². The number of amides is 1. The molecule has 23 heavy (non-hydrogen) atoms. The number of rotatable bonds is 3. The zero-order valence-electron chi connectivity index (χ0n) is 12.6. The molecular formula is C16H14FN5O. The van der Waals surface area contributed by atoms with Crippen molar-refractivity contribution in [3.63, 3.8) is 0 Å². The topological polar surface area (TPSA) is 72.7 Å². The second kappa shape index (κ2) is 5.96. The number of anilines is 1. The van der Waals surface area contributed by atoms with E-state index in [2.05, 4.69) is 20.3 Å². The lowest BCUT2D eigenvalue weighted by Gasteiger charge is -2.07. The van der Waals surface area contributed by atoms with Crippen LogP contribution in [0.3, 0.4) is 0 Å². The van der Waals surface area contributed by atoms with Gasteiger partial charge in [0.15, 0.2) is 0 Å². The Morgan fingerprint density at radius 2 is 1.91 bits per heavy atom. The van der Waals surface area contributed by atoms with Gasteiger partial charge in [-0.05, 0) is 32.0 Å². The highest BCUT2D eigenvalue weighted by Gasteiger charge is 2.09. The largest absolute Gasteiger partial charge is 0.319 e. The molecule has 0 unspecified atom stereocenters. The molecule has 3 aromatic rings. The molecule has 0 bridgehead atoms. The van der Waals surface area contributed by atoms with Crippen LogP contribution in [0.4, 0.5) is 10.1 Å². The van der Waals surface area contributed by atoms with Crippen molar-refractivity contribution < 1.29 is 9.18 Å². The van der Waals surface area contributed by atoms with Crippen LogP contribution in [0.5, 0.6) is 0 Å². The Balaban J connectivity index is 1.78. The van der Waals surface area contributed by atoms with Crippen LogP contribution in [-0.4, -0.2) is 25.4 Å². The minimum Gasteiger partial charge on any atom is -0.319 e. The lowest BCUT2D eigenvalue weighted by atomic mass is 10.2. The van der Waals surface area contributed by atoms with Gasteiger partial charge in [0.2, 0.25) is 5.95 Å². The average molecular weight is 311 g/mol. The average Bonchev–Trinajstić information content (AvgIpc) is 2.88. The van der Waals surface area contributed by atoms with Crippen LogP contribution in [0.2, 0.25) is 0 Å². The number of hydrogen-bond acceptors (Lipinski definition) is 4. The molecule has 2 aromatic heterocycles. The highest BCUT2D eigenvalue weighted by Crippen LogP contribution is 2.12. The van der Waals surface area contributed by atoms with E-state index < -0.39 is 11.7 Å². The predicted molar refractivity (Wildman–Crippen MR) is 83.0 cm³/mol. The molecule has 1 amide bonds. The lowest BCUT2D eigenvalue weighted by molar-refractivity contribution is 0.102.